The summed E-state index contributed by atoms with van der Waals surface area (Å²) in [5.74, 6) is 1.82. The largest absolute Gasteiger partial charge is 0.351 e. The van der Waals surface area contributed by atoms with E-state index in [1.807, 2.05) is 0 Å². The Kier molecular flexibility index (Phi) is 2.69. The Hall–Kier alpha value is -0.530. The average molecular weight is 182 g/mol. The van der Waals surface area contributed by atoms with Crippen molar-refractivity contribution in [1.29, 1.82) is 0 Å². The van der Waals surface area contributed by atoms with Crippen molar-refractivity contribution in [2.24, 2.45) is 10.9 Å². The predicted octanol–water partition coefficient (Wildman–Crippen LogP) is 2.54. The molecule has 1 aliphatic rings. The van der Waals surface area contributed by atoms with Crippen LogP contribution in [0.15, 0.2) is 4.99 Å². The van der Waals surface area contributed by atoms with Crippen molar-refractivity contribution in [1.82, 2.24) is 4.90 Å². The van der Waals surface area contributed by atoms with Crippen molar-refractivity contribution in [3.05, 3.63) is 0 Å². The molecule has 0 aromatic carbocycles. The Balaban J connectivity index is 2.89. The maximum atomic E-state index is 4.63. The molecule has 2 heteroatoms. The van der Waals surface area contributed by atoms with E-state index in [0.717, 1.165) is 6.54 Å². The molecule has 0 unspecified atom stereocenters. The molecule has 0 radical (unpaired) electrons. The lowest BCUT2D eigenvalue weighted by Crippen LogP contribution is -2.49. The van der Waals surface area contributed by atoms with E-state index in [1.54, 1.807) is 0 Å². The molecule has 0 atom stereocenters. The van der Waals surface area contributed by atoms with E-state index >= 15 is 0 Å². The first-order chi connectivity index (χ1) is 5.86. The third kappa shape index (κ3) is 1.87. The zero-order valence-corrected chi connectivity index (χ0v) is 9.76. The maximum Gasteiger partial charge on any atom is 0.102 e. The normalized spacial score (nSPS) is 21.5. The predicted molar refractivity (Wildman–Crippen MR) is 58.2 cm³/mol. The van der Waals surface area contributed by atoms with Gasteiger partial charge in [0.25, 0.3) is 0 Å². The van der Waals surface area contributed by atoms with Gasteiger partial charge in [0, 0.05) is 12.0 Å². The van der Waals surface area contributed by atoms with Crippen LogP contribution in [0.3, 0.4) is 0 Å². The number of amidine groups is 1. The third-order valence-electron chi connectivity index (χ3n) is 2.56. The van der Waals surface area contributed by atoms with Crippen molar-refractivity contribution < 1.29 is 0 Å². The van der Waals surface area contributed by atoms with Crippen molar-refractivity contribution in [2.45, 2.75) is 53.1 Å². The van der Waals surface area contributed by atoms with Crippen molar-refractivity contribution in [3.63, 3.8) is 0 Å². The van der Waals surface area contributed by atoms with Crippen molar-refractivity contribution in [2.75, 3.05) is 6.54 Å². The molecule has 76 valence electrons. The highest BCUT2D eigenvalue weighted by Gasteiger charge is 2.36. The van der Waals surface area contributed by atoms with Crippen LogP contribution in [0.1, 0.15) is 41.5 Å². The average Bonchev–Trinajstić information content (AvgIpc) is 2.24. The van der Waals surface area contributed by atoms with Crippen molar-refractivity contribution >= 4 is 5.84 Å². The number of rotatable bonds is 2. The molecule has 0 aliphatic carbocycles. The molecule has 0 amide bonds. The van der Waals surface area contributed by atoms with Gasteiger partial charge in [-0.1, -0.05) is 13.8 Å². The highest BCUT2D eigenvalue weighted by Crippen LogP contribution is 2.27. The van der Waals surface area contributed by atoms with Crippen LogP contribution in [0, 0.1) is 5.92 Å². The Bertz CT molecular complexity index is 214. The van der Waals surface area contributed by atoms with Gasteiger partial charge in [0.15, 0.2) is 0 Å². The van der Waals surface area contributed by atoms with Crippen LogP contribution in [-0.2, 0) is 0 Å². The zero-order chi connectivity index (χ0) is 10.2. The monoisotopic (exact) mass is 182 g/mol. The zero-order valence-electron chi connectivity index (χ0n) is 9.76. The number of hydrogen-bond donors (Lipinski definition) is 0. The van der Waals surface area contributed by atoms with E-state index in [1.165, 1.54) is 5.84 Å². The van der Waals surface area contributed by atoms with Gasteiger partial charge in [-0.25, -0.2) is 0 Å². The Morgan fingerprint density at radius 2 is 1.77 bits per heavy atom. The van der Waals surface area contributed by atoms with Crippen LogP contribution in [0.5, 0.6) is 0 Å². The van der Waals surface area contributed by atoms with Crippen LogP contribution in [0.4, 0.5) is 0 Å². The molecule has 13 heavy (non-hydrogen) atoms. The molecule has 0 spiro atoms. The summed E-state index contributed by atoms with van der Waals surface area (Å²) in [5, 5.41) is 0. The first kappa shape index (κ1) is 10.6. The number of hydrogen-bond acceptors (Lipinski definition) is 2. The van der Waals surface area contributed by atoms with Crippen LogP contribution >= 0.6 is 0 Å². The Labute approximate surface area is 82.0 Å². The third-order valence-corrected chi connectivity index (χ3v) is 2.56. The van der Waals surface area contributed by atoms with Crippen LogP contribution in [0.25, 0.3) is 0 Å². The van der Waals surface area contributed by atoms with E-state index in [9.17, 15) is 0 Å². The van der Waals surface area contributed by atoms with E-state index < -0.39 is 0 Å². The molecule has 0 saturated carbocycles. The van der Waals surface area contributed by atoms with Gasteiger partial charge in [-0.15, -0.1) is 0 Å². The second kappa shape index (κ2) is 3.32. The first-order valence-corrected chi connectivity index (χ1v) is 5.20. The minimum atomic E-state index is 0.216. The summed E-state index contributed by atoms with van der Waals surface area (Å²) in [6, 6.07) is 0.554. The SMILES string of the molecule is CC(C)C1=NCC(C)(C)N1C(C)C. The van der Waals surface area contributed by atoms with E-state index in [-0.39, 0.29) is 5.54 Å². The van der Waals surface area contributed by atoms with Gasteiger partial charge in [0.1, 0.15) is 5.84 Å². The van der Waals surface area contributed by atoms with Crippen molar-refractivity contribution in [3.8, 4) is 0 Å². The summed E-state index contributed by atoms with van der Waals surface area (Å²) >= 11 is 0. The molecule has 0 aromatic rings. The van der Waals surface area contributed by atoms with Gasteiger partial charge >= 0.3 is 0 Å². The number of aliphatic imine (C=N–C) groups is 1. The second-order valence-electron chi connectivity index (χ2n) is 5.11. The van der Waals surface area contributed by atoms with E-state index in [4.69, 9.17) is 0 Å². The summed E-state index contributed by atoms with van der Waals surface area (Å²) in [7, 11) is 0. The standard InChI is InChI=1S/C11H22N2/c1-8(2)10-12-7-11(5,6)13(10)9(3)4/h8-9H,7H2,1-6H3. The molecule has 2 nitrogen and oxygen atoms in total. The quantitative estimate of drug-likeness (QED) is 0.641. The Morgan fingerprint density at radius 1 is 1.23 bits per heavy atom. The summed E-state index contributed by atoms with van der Waals surface area (Å²) < 4.78 is 0. The van der Waals surface area contributed by atoms with Crippen LogP contribution in [-0.4, -0.2) is 28.9 Å². The highest BCUT2D eigenvalue weighted by molar-refractivity contribution is 5.86. The lowest BCUT2D eigenvalue weighted by molar-refractivity contribution is 0.199. The summed E-state index contributed by atoms with van der Waals surface area (Å²) in [6.07, 6.45) is 0. The molecule has 0 bridgehead atoms. The van der Waals surface area contributed by atoms with Crippen LogP contribution in [0.2, 0.25) is 0 Å². The van der Waals surface area contributed by atoms with Gasteiger partial charge in [0.2, 0.25) is 0 Å². The minimum Gasteiger partial charge on any atom is -0.351 e. The fraction of sp³-hybridized carbons (Fsp3) is 0.909. The lowest BCUT2D eigenvalue weighted by atomic mass is 10.0. The number of nitrogens with zero attached hydrogens (tertiary/aromatic N) is 2. The lowest BCUT2D eigenvalue weighted by Gasteiger charge is -2.38. The molecule has 1 rings (SSSR count). The van der Waals surface area contributed by atoms with Gasteiger partial charge in [-0.2, -0.15) is 0 Å². The van der Waals surface area contributed by atoms with Gasteiger partial charge in [-0.3, -0.25) is 4.99 Å². The summed E-state index contributed by atoms with van der Waals surface area (Å²) in [4.78, 5) is 7.09. The topological polar surface area (TPSA) is 15.6 Å². The summed E-state index contributed by atoms with van der Waals surface area (Å²) in [5.41, 5.74) is 0.216. The van der Waals surface area contributed by atoms with E-state index in [0.29, 0.717) is 12.0 Å². The Morgan fingerprint density at radius 3 is 2.08 bits per heavy atom. The summed E-state index contributed by atoms with van der Waals surface area (Å²) in [6.45, 7) is 14.4. The molecule has 1 heterocycles. The minimum absolute atomic E-state index is 0.216. The fourth-order valence-electron chi connectivity index (χ4n) is 2.16. The van der Waals surface area contributed by atoms with Gasteiger partial charge in [0.05, 0.1) is 12.1 Å². The molecule has 0 saturated heterocycles. The molecule has 0 N–H and O–H groups in total. The molecule has 1 aliphatic heterocycles. The first-order valence-electron chi connectivity index (χ1n) is 5.20. The highest BCUT2D eigenvalue weighted by atomic mass is 15.3. The van der Waals surface area contributed by atoms with Gasteiger partial charge < -0.3 is 4.90 Å². The van der Waals surface area contributed by atoms with E-state index in [2.05, 4.69) is 51.4 Å². The van der Waals surface area contributed by atoms with Gasteiger partial charge in [-0.05, 0) is 27.7 Å². The second-order valence-corrected chi connectivity index (χ2v) is 5.11. The molecular weight excluding hydrogens is 160 g/mol. The molecular formula is C11H22N2. The molecule has 0 aromatic heterocycles. The fourth-order valence-corrected chi connectivity index (χ4v) is 2.16. The maximum absolute atomic E-state index is 4.63. The smallest absolute Gasteiger partial charge is 0.102 e. The molecule has 0 fully saturated rings. The van der Waals surface area contributed by atoms with Crippen LogP contribution < -0.4 is 0 Å².